The Kier molecular flexibility index (Phi) is 4.69. The van der Waals surface area contributed by atoms with Gasteiger partial charge in [0.1, 0.15) is 5.82 Å². The molecule has 1 rings (SSSR count). The molecule has 0 radical (unpaired) electrons. The molecule has 1 atom stereocenters. The van der Waals surface area contributed by atoms with E-state index in [2.05, 4.69) is 10.4 Å². The average molecular weight is 239 g/mol. The summed E-state index contributed by atoms with van der Waals surface area (Å²) in [4.78, 5) is 11.7. The van der Waals surface area contributed by atoms with Crippen molar-refractivity contribution >= 4 is 11.7 Å². The highest BCUT2D eigenvalue weighted by Crippen LogP contribution is 2.14. The van der Waals surface area contributed by atoms with Crippen molar-refractivity contribution in [3.63, 3.8) is 0 Å². The molecule has 0 saturated carbocycles. The van der Waals surface area contributed by atoms with Crippen LogP contribution in [0.3, 0.4) is 0 Å². The van der Waals surface area contributed by atoms with Crippen molar-refractivity contribution in [3.8, 4) is 0 Å². The summed E-state index contributed by atoms with van der Waals surface area (Å²) in [5, 5.41) is 16.5. The second-order valence-corrected chi connectivity index (χ2v) is 4.82. The number of aliphatic hydroxyl groups excluding tert-OH is 1. The maximum Gasteiger partial charge on any atom is 0.228 e. The fourth-order valence-corrected chi connectivity index (χ4v) is 1.44. The normalized spacial score (nSPS) is 13.1. The molecule has 5 heteroatoms. The summed E-state index contributed by atoms with van der Waals surface area (Å²) in [6.07, 6.45) is 1.15. The van der Waals surface area contributed by atoms with Crippen LogP contribution in [0.4, 0.5) is 5.82 Å². The lowest BCUT2D eigenvalue weighted by Gasteiger charge is -2.15. The summed E-state index contributed by atoms with van der Waals surface area (Å²) >= 11 is 0. The number of anilines is 1. The van der Waals surface area contributed by atoms with Gasteiger partial charge in [-0.15, -0.1) is 0 Å². The van der Waals surface area contributed by atoms with Gasteiger partial charge in [0.05, 0.1) is 18.7 Å². The molecule has 0 spiro atoms. The minimum Gasteiger partial charge on any atom is -0.392 e. The van der Waals surface area contributed by atoms with E-state index in [-0.39, 0.29) is 24.3 Å². The van der Waals surface area contributed by atoms with E-state index in [9.17, 15) is 9.90 Å². The highest BCUT2D eigenvalue weighted by atomic mass is 16.3. The Morgan fingerprint density at radius 2 is 2.12 bits per heavy atom. The average Bonchev–Trinajstić information content (AvgIpc) is 2.65. The number of aromatic nitrogens is 2. The fourth-order valence-electron chi connectivity index (χ4n) is 1.44. The standard InChI is InChI=1S/C12H21N3O2/c1-8(2)10(16)7-12(17)14-11-5-6-13-15(11)9(3)4/h5-6,8-10,16H,7H2,1-4H3,(H,14,17). The topological polar surface area (TPSA) is 67.2 Å². The molecule has 0 aliphatic rings. The quantitative estimate of drug-likeness (QED) is 0.823. The molecule has 0 aliphatic heterocycles. The number of nitrogens with one attached hydrogen (secondary N) is 1. The number of nitrogens with zero attached hydrogens (tertiary/aromatic N) is 2. The van der Waals surface area contributed by atoms with Gasteiger partial charge in [0, 0.05) is 12.1 Å². The van der Waals surface area contributed by atoms with Crippen molar-refractivity contribution in [2.24, 2.45) is 5.92 Å². The molecule has 0 bridgehead atoms. The molecule has 1 aromatic rings. The van der Waals surface area contributed by atoms with Crippen LogP contribution < -0.4 is 5.32 Å². The van der Waals surface area contributed by atoms with E-state index in [1.54, 1.807) is 16.9 Å². The van der Waals surface area contributed by atoms with Crippen LogP contribution in [0.1, 0.15) is 40.2 Å². The minimum absolute atomic E-state index is 0.0794. The SMILES string of the molecule is CC(C)C(O)CC(=O)Nc1ccnn1C(C)C. The Balaban J connectivity index is 2.59. The van der Waals surface area contributed by atoms with Crippen molar-refractivity contribution in [1.29, 1.82) is 0 Å². The van der Waals surface area contributed by atoms with E-state index in [0.717, 1.165) is 0 Å². The van der Waals surface area contributed by atoms with E-state index in [1.807, 2.05) is 27.7 Å². The molecule has 1 aromatic heterocycles. The molecule has 0 aliphatic carbocycles. The minimum atomic E-state index is -0.606. The number of hydrogen-bond donors (Lipinski definition) is 2. The van der Waals surface area contributed by atoms with Gasteiger partial charge in [-0.1, -0.05) is 13.8 Å². The maximum atomic E-state index is 11.7. The van der Waals surface area contributed by atoms with Gasteiger partial charge < -0.3 is 10.4 Å². The highest BCUT2D eigenvalue weighted by Gasteiger charge is 2.16. The van der Waals surface area contributed by atoms with Gasteiger partial charge in [-0.3, -0.25) is 4.79 Å². The van der Waals surface area contributed by atoms with Gasteiger partial charge in [-0.2, -0.15) is 5.10 Å². The number of aliphatic hydroxyl groups is 1. The number of carbonyl (C=O) groups excluding carboxylic acids is 1. The van der Waals surface area contributed by atoms with Crippen LogP contribution in [-0.4, -0.2) is 26.9 Å². The fraction of sp³-hybridized carbons (Fsp3) is 0.667. The van der Waals surface area contributed by atoms with Crippen molar-refractivity contribution in [1.82, 2.24) is 9.78 Å². The Labute approximate surface area is 102 Å². The zero-order chi connectivity index (χ0) is 13.0. The van der Waals surface area contributed by atoms with Crippen molar-refractivity contribution in [2.45, 2.75) is 46.3 Å². The molecule has 0 saturated heterocycles. The monoisotopic (exact) mass is 239 g/mol. The first-order valence-electron chi connectivity index (χ1n) is 5.93. The van der Waals surface area contributed by atoms with Gasteiger partial charge in [0.2, 0.25) is 5.91 Å². The third-order valence-electron chi connectivity index (χ3n) is 2.59. The third kappa shape index (κ3) is 3.85. The first-order chi connectivity index (χ1) is 7.91. The van der Waals surface area contributed by atoms with Crippen LogP contribution in [0.5, 0.6) is 0 Å². The van der Waals surface area contributed by atoms with Crippen molar-refractivity contribution in [3.05, 3.63) is 12.3 Å². The highest BCUT2D eigenvalue weighted by molar-refractivity contribution is 5.90. The molecule has 1 unspecified atom stereocenters. The largest absolute Gasteiger partial charge is 0.392 e. The molecular formula is C12H21N3O2. The molecule has 17 heavy (non-hydrogen) atoms. The van der Waals surface area contributed by atoms with Crippen molar-refractivity contribution < 1.29 is 9.90 Å². The molecular weight excluding hydrogens is 218 g/mol. The van der Waals surface area contributed by atoms with Gasteiger partial charge >= 0.3 is 0 Å². The summed E-state index contributed by atoms with van der Waals surface area (Å²) in [5.74, 6) is 0.560. The summed E-state index contributed by atoms with van der Waals surface area (Å²) in [6.45, 7) is 7.75. The summed E-state index contributed by atoms with van der Waals surface area (Å²) in [7, 11) is 0. The van der Waals surface area contributed by atoms with Crippen molar-refractivity contribution in [2.75, 3.05) is 5.32 Å². The molecule has 96 valence electrons. The zero-order valence-corrected chi connectivity index (χ0v) is 10.8. The van der Waals surface area contributed by atoms with Gasteiger partial charge in [-0.05, 0) is 19.8 Å². The summed E-state index contributed by atoms with van der Waals surface area (Å²) < 4.78 is 1.74. The van der Waals surface area contributed by atoms with E-state index in [4.69, 9.17) is 0 Å². The summed E-state index contributed by atoms with van der Waals surface area (Å²) in [6, 6.07) is 1.94. The van der Waals surface area contributed by atoms with Crippen LogP contribution in [0.15, 0.2) is 12.3 Å². The van der Waals surface area contributed by atoms with E-state index in [0.29, 0.717) is 5.82 Å². The van der Waals surface area contributed by atoms with Crippen LogP contribution >= 0.6 is 0 Å². The second kappa shape index (κ2) is 5.82. The van der Waals surface area contributed by atoms with Gasteiger partial charge in [0.25, 0.3) is 0 Å². The third-order valence-corrected chi connectivity index (χ3v) is 2.59. The lowest BCUT2D eigenvalue weighted by Crippen LogP contribution is -2.25. The molecule has 5 nitrogen and oxygen atoms in total. The Bertz CT molecular complexity index is 372. The molecule has 2 N–H and O–H groups in total. The lowest BCUT2D eigenvalue weighted by molar-refractivity contribution is -0.118. The predicted octanol–water partition coefficient (Wildman–Crippen LogP) is 1.81. The molecule has 0 aromatic carbocycles. The van der Waals surface area contributed by atoms with Crippen LogP contribution in [0.25, 0.3) is 0 Å². The molecule has 1 heterocycles. The first-order valence-corrected chi connectivity index (χ1v) is 5.93. The van der Waals surface area contributed by atoms with Crippen LogP contribution in [-0.2, 0) is 4.79 Å². The number of carbonyl (C=O) groups is 1. The number of rotatable bonds is 5. The zero-order valence-electron chi connectivity index (χ0n) is 10.8. The first kappa shape index (κ1) is 13.7. The van der Waals surface area contributed by atoms with E-state index < -0.39 is 6.10 Å². The lowest BCUT2D eigenvalue weighted by atomic mass is 10.0. The predicted molar refractivity (Wildman–Crippen MR) is 66.7 cm³/mol. The number of hydrogen-bond acceptors (Lipinski definition) is 3. The Hall–Kier alpha value is -1.36. The number of amides is 1. The van der Waals surface area contributed by atoms with Crippen LogP contribution in [0, 0.1) is 5.92 Å². The van der Waals surface area contributed by atoms with E-state index in [1.165, 1.54) is 0 Å². The smallest absolute Gasteiger partial charge is 0.228 e. The maximum absolute atomic E-state index is 11.7. The van der Waals surface area contributed by atoms with Crippen LogP contribution in [0.2, 0.25) is 0 Å². The molecule has 1 amide bonds. The summed E-state index contributed by atoms with van der Waals surface area (Å²) in [5.41, 5.74) is 0. The molecule has 0 fully saturated rings. The Morgan fingerprint density at radius 3 is 2.65 bits per heavy atom. The van der Waals surface area contributed by atoms with Gasteiger partial charge in [-0.25, -0.2) is 4.68 Å². The second-order valence-electron chi connectivity index (χ2n) is 4.82. The Morgan fingerprint density at radius 1 is 1.47 bits per heavy atom. The van der Waals surface area contributed by atoms with Gasteiger partial charge in [0.15, 0.2) is 0 Å². The van der Waals surface area contributed by atoms with E-state index >= 15 is 0 Å².